The number of thioether (sulfide) groups is 1. The van der Waals surface area contributed by atoms with E-state index < -0.39 is 10.0 Å². The molecule has 0 saturated carbocycles. The minimum Gasteiger partial charge on any atom is -0.360 e. The van der Waals surface area contributed by atoms with E-state index in [0.717, 1.165) is 22.3 Å². The smallest absolute Gasteiger partial charge is 0.229 e. The number of benzene rings is 1. The number of anilines is 2. The first kappa shape index (κ1) is 20.7. The van der Waals surface area contributed by atoms with Crippen LogP contribution in [0.5, 0.6) is 0 Å². The van der Waals surface area contributed by atoms with Gasteiger partial charge < -0.3 is 5.32 Å². The van der Waals surface area contributed by atoms with Gasteiger partial charge in [-0.05, 0) is 37.1 Å². The van der Waals surface area contributed by atoms with Crippen LogP contribution in [-0.4, -0.2) is 42.4 Å². The molecule has 0 amide bonds. The van der Waals surface area contributed by atoms with Crippen molar-refractivity contribution in [2.45, 2.75) is 30.4 Å². The van der Waals surface area contributed by atoms with Gasteiger partial charge in [0.2, 0.25) is 15.2 Å². The molecule has 2 aromatic rings. The van der Waals surface area contributed by atoms with E-state index in [1.54, 1.807) is 24.3 Å². The number of carbonyl (C=O) groups excluding carboxylic acids is 1. The summed E-state index contributed by atoms with van der Waals surface area (Å²) >= 11 is 2.78. The Morgan fingerprint density at radius 2 is 1.85 bits per heavy atom. The Hall–Kier alpha value is -1.65. The maximum atomic E-state index is 12.5. The van der Waals surface area contributed by atoms with Gasteiger partial charge in [0, 0.05) is 17.8 Å². The molecule has 0 bridgehead atoms. The number of hydrogen-bond acceptors (Lipinski definition) is 8. The molecular formula is C16H22N4O3S3. The van der Waals surface area contributed by atoms with E-state index in [4.69, 9.17) is 0 Å². The zero-order chi connectivity index (χ0) is 19.3. The first-order valence-electron chi connectivity index (χ1n) is 8.00. The summed E-state index contributed by atoms with van der Waals surface area (Å²) < 4.78 is 25.5. The number of Topliss-reactive ketones (excluding diaryl/α,β-unsaturated/α-hetero) is 1. The lowest BCUT2D eigenvalue weighted by atomic mass is 10.1. The van der Waals surface area contributed by atoms with Crippen LogP contribution in [0.1, 0.15) is 31.1 Å². The van der Waals surface area contributed by atoms with Gasteiger partial charge in [0.25, 0.3) is 0 Å². The molecule has 0 aliphatic heterocycles. The van der Waals surface area contributed by atoms with Gasteiger partial charge in [0.1, 0.15) is 0 Å². The van der Waals surface area contributed by atoms with Gasteiger partial charge in [-0.25, -0.2) is 8.42 Å². The molecule has 0 aliphatic carbocycles. The summed E-state index contributed by atoms with van der Waals surface area (Å²) in [6, 6.07) is 6.38. The van der Waals surface area contributed by atoms with E-state index in [1.165, 1.54) is 23.1 Å². The highest BCUT2D eigenvalue weighted by Crippen LogP contribution is 2.30. The molecule has 1 atom stereocenters. The second-order valence-electron chi connectivity index (χ2n) is 6.22. The van der Waals surface area contributed by atoms with Gasteiger partial charge in [-0.2, -0.15) is 0 Å². The second kappa shape index (κ2) is 8.83. The number of nitrogens with one attached hydrogen (secondary N) is 2. The molecule has 7 nitrogen and oxygen atoms in total. The zero-order valence-corrected chi connectivity index (χ0v) is 17.5. The van der Waals surface area contributed by atoms with Crippen LogP contribution < -0.4 is 10.0 Å². The Labute approximate surface area is 162 Å². The van der Waals surface area contributed by atoms with Crippen molar-refractivity contribution in [2.24, 2.45) is 5.92 Å². The van der Waals surface area contributed by atoms with Crippen molar-refractivity contribution in [1.29, 1.82) is 0 Å². The fourth-order valence-corrected chi connectivity index (χ4v) is 4.52. The summed E-state index contributed by atoms with van der Waals surface area (Å²) in [7, 11) is -3.33. The molecule has 1 aromatic heterocycles. The van der Waals surface area contributed by atoms with Gasteiger partial charge in [-0.1, -0.05) is 36.9 Å². The van der Waals surface area contributed by atoms with Crippen molar-refractivity contribution in [2.75, 3.05) is 22.8 Å². The molecule has 26 heavy (non-hydrogen) atoms. The Morgan fingerprint density at radius 3 is 2.42 bits per heavy atom. The second-order valence-corrected chi connectivity index (χ2v) is 10.5. The summed E-state index contributed by atoms with van der Waals surface area (Å²) in [4.78, 5) is 12.5. The third-order valence-electron chi connectivity index (χ3n) is 3.19. The Balaban J connectivity index is 1.96. The maximum absolute atomic E-state index is 12.5. The van der Waals surface area contributed by atoms with Crippen molar-refractivity contribution < 1.29 is 13.2 Å². The third-order valence-corrected chi connectivity index (χ3v) is 5.86. The van der Waals surface area contributed by atoms with E-state index in [-0.39, 0.29) is 11.0 Å². The van der Waals surface area contributed by atoms with E-state index in [1.807, 2.05) is 6.92 Å². The standard InChI is InChI=1S/C16H22N4O3S3/c1-10(2)9-17-15-18-19-16(25-15)24-11(3)14(21)12-5-7-13(8-6-12)20-26(4,22)23/h5-8,10-11,20H,9H2,1-4H3,(H,17,18). The van der Waals surface area contributed by atoms with Gasteiger partial charge in [0.15, 0.2) is 10.1 Å². The molecule has 2 rings (SSSR count). The maximum Gasteiger partial charge on any atom is 0.229 e. The predicted molar refractivity (Wildman–Crippen MR) is 108 cm³/mol. The lowest BCUT2D eigenvalue weighted by Crippen LogP contribution is -2.14. The zero-order valence-electron chi connectivity index (χ0n) is 15.0. The lowest BCUT2D eigenvalue weighted by Gasteiger charge is -2.09. The van der Waals surface area contributed by atoms with E-state index in [2.05, 4.69) is 34.1 Å². The van der Waals surface area contributed by atoms with Gasteiger partial charge in [-0.3, -0.25) is 9.52 Å². The SMILES string of the molecule is CC(C)CNc1nnc(SC(C)C(=O)c2ccc(NS(C)(=O)=O)cc2)s1. The number of aromatic nitrogens is 2. The van der Waals surface area contributed by atoms with Crippen LogP contribution >= 0.6 is 23.1 Å². The number of ketones is 1. The highest BCUT2D eigenvalue weighted by atomic mass is 32.2. The number of nitrogens with zero attached hydrogens (tertiary/aromatic N) is 2. The van der Waals surface area contributed by atoms with Crippen LogP contribution in [0.3, 0.4) is 0 Å². The Kier molecular flexibility index (Phi) is 7.01. The third kappa shape index (κ3) is 6.58. The van der Waals surface area contributed by atoms with E-state index >= 15 is 0 Å². The van der Waals surface area contributed by atoms with Crippen molar-refractivity contribution in [3.05, 3.63) is 29.8 Å². The minimum absolute atomic E-state index is 0.0483. The Morgan fingerprint density at radius 1 is 1.19 bits per heavy atom. The van der Waals surface area contributed by atoms with Crippen molar-refractivity contribution in [3.63, 3.8) is 0 Å². The normalized spacial score (nSPS) is 12.8. The molecule has 0 saturated heterocycles. The first-order chi connectivity index (χ1) is 12.1. The number of sulfonamides is 1. The molecule has 10 heteroatoms. The van der Waals surface area contributed by atoms with E-state index in [9.17, 15) is 13.2 Å². The van der Waals surface area contributed by atoms with Gasteiger partial charge in [-0.15, -0.1) is 10.2 Å². The number of hydrogen-bond donors (Lipinski definition) is 2. The van der Waals surface area contributed by atoms with Gasteiger partial charge in [0.05, 0.1) is 11.5 Å². The molecule has 2 N–H and O–H groups in total. The molecule has 0 spiro atoms. The average molecular weight is 415 g/mol. The first-order valence-corrected chi connectivity index (χ1v) is 11.6. The highest BCUT2D eigenvalue weighted by Gasteiger charge is 2.19. The molecule has 1 heterocycles. The van der Waals surface area contributed by atoms with Crippen LogP contribution in [0.2, 0.25) is 0 Å². The summed E-state index contributed by atoms with van der Waals surface area (Å²) in [5.74, 6) is 0.462. The van der Waals surface area contributed by atoms with Crippen molar-refractivity contribution in [3.8, 4) is 0 Å². The minimum atomic E-state index is -3.33. The van der Waals surface area contributed by atoms with E-state index in [0.29, 0.717) is 17.2 Å². The van der Waals surface area contributed by atoms with Crippen molar-refractivity contribution in [1.82, 2.24) is 10.2 Å². The van der Waals surface area contributed by atoms with Crippen molar-refractivity contribution >= 4 is 49.7 Å². The van der Waals surface area contributed by atoms with Crippen LogP contribution in [0.25, 0.3) is 0 Å². The predicted octanol–water partition coefficient (Wildman–Crippen LogP) is 3.34. The lowest BCUT2D eigenvalue weighted by molar-refractivity contribution is 0.0994. The molecule has 1 aromatic carbocycles. The fraction of sp³-hybridized carbons (Fsp3) is 0.438. The molecule has 0 aliphatic rings. The monoisotopic (exact) mass is 414 g/mol. The highest BCUT2D eigenvalue weighted by molar-refractivity contribution is 8.02. The number of rotatable bonds is 9. The van der Waals surface area contributed by atoms with Crippen LogP contribution in [0, 0.1) is 5.92 Å². The van der Waals surface area contributed by atoms with Crippen LogP contribution in [0.15, 0.2) is 28.6 Å². The average Bonchev–Trinajstić information content (AvgIpc) is 2.99. The molecule has 0 radical (unpaired) electrons. The molecular weight excluding hydrogens is 392 g/mol. The molecule has 0 fully saturated rings. The largest absolute Gasteiger partial charge is 0.360 e. The number of carbonyl (C=O) groups is 1. The quantitative estimate of drug-likeness (QED) is 0.479. The summed E-state index contributed by atoms with van der Waals surface area (Å²) in [6.45, 7) is 6.86. The molecule has 142 valence electrons. The van der Waals surface area contributed by atoms with Crippen LogP contribution in [-0.2, 0) is 10.0 Å². The summed E-state index contributed by atoms with van der Waals surface area (Å²) in [5, 5.41) is 11.8. The Bertz CT molecular complexity index is 848. The van der Waals surface area contributed by atoms with Crippen LogP contribution in [0.4, 0.5) is 10.8 Å². The molecule has 1 unspecified atom stereocenters. The summed E-state index contributed by atoms with van der Waals surface area (Å²) in [6.07, 6.45) is 1.08. The topological polar surface area (TPSA) is 101 Å². The fourth-order valence-electron chi connectivity index (χ4n) is 1.98. The summed E-state index contributed by atoms with van der Waals surface area (Å²) in [5.41, 5.74) is 0.945. The van der Waals surface area contributed by atoms with Gasteiger partial charge >= 0.3 is 0 Å².